The molecule has 1 heterocycles. The number of carbonyl (C=O) groups is 1. The van der Waals surface area contributed by atoms with Crippen molar-refractivity contribution in [3.63, 3.8) is 0 Å². The molecule has 14 heteroatoms. The van der Waals surface area contributed by atoms with Crippen molar-refractivity contribution in [2.24, 2.45) is 34.7 Å². The van der Waals surface area contributed by atoms with E-state index in [1.54, 1.807) is 6.08 Å². The Morgan fingerprint density at radius 1 is 1.02 bits per heavy atom. The normalized spacial score (nSPS) is 21.9. The number of hydrogen-bond acceptors (Lipinski definition) is 5. The van der Waals surface area contributed by atoms with Gasteiger partial charge in [-0.05, 0) is 86.7 Å². The van der Waals surface area contributed by atoms with Gasteiger partial charge < -0.3 is 19.8 Å². The Bertz CT molecular complexity index is 1330. The molecule has 1 saturated heterocycles. The van der Waals surface area contributed by atoms with Crippen LogP contribution in [0.25, 0.3) is 0 Å². The van der Waals surface area contributed by atoms with Crippen molar-refractivity contribution in [2.75, 3.05) is 39.9 Å². The predicted octanol–water partition coefficient (Wildman–Crippen LogP) is 9.17. The highest BCUT2D eigenvalue weighted by atomic mass is 35.5. The van der Waals surface area contributed by atoms with Gasteiger partial charge in [0.1, 0.15) is 7.11 Å². The lowest BCUT2D eigenvalue weighted by Crippen LogP contribution is -2.34. The lowest BCUT2D eigenvalue weighted by atomic mass is 9.81. The zero-order valence-electron chi connectivity index (χ0n) is 27.8. The molecule has 0 radical (unpaired) electrons. The van der Waals surface area contributed by atoms with Crippen LogP contribution < -0.4 is 5.32 Å². The molecule has 1 amide bonds. The van der Waals surface area contributed by atoms with Gasteiger partial charge >= 0.3 is 12.4 Å². The summed E-state index contributed by atoms with van der Waals surface area (Å²) in [6, 6.07) is 1.38. The summed E-state index contributed by atoms with van der Waals surface area (Å²) in [7, 11) is 1.35. The third-order valence-electron chi connectivity index (χ3n) is 9.62. The van der Waals surface area contributed by atoms with E-state index in [9.17, 15) is 31.1 Å². The number of amides is 1. The van der Waals surface area contributed by atoms with E-state index in [0.717, 1.165) is 51.2 Å². The van der Waals surface area contributed by atoms with Crippen LogP contribution in [-0.4, -0.2) is 56.4 Å². The second-order valence-corrected chi connectivity index (χ2v) is 14.1. The number of allylic oxidation sites excluding steroid dienone is 4. The monoisotopic (exact) mass is 739 g/mol. The number of halogens is 8. The molecular weight excluding hydrogens is 695 g/mol. The zero-order valence-corrected chi connectivity index (χ0v) is 29.3. The third kappa shape index (κ3) is 11.9. The van der Waals surface area contributed by atoms with Gasteiger partial charge in [-0.2, -0.15) is 26.3 Å². The molecular formula is C35H45Cl2F6N3O3. The van der Waals surface area contributed by atoms with Gasteiger partial charge in [0.25, 0.3) is 0 Å². The third-order valence-corrected chi connectivity index (χ3v) is 10.4. The number of hydrogen-bond donors (Lipinski definition) is 1. The number of oxime groups is 1. The van der Waals surface area contributed by atoms with Crippen LogP contribution in [0.5, 0.6) is 0 Å². The number of nitrogens with zero attached hydrogens (tertiary/aromatic N) is 2. The number of nitrogens with one attached hydrogen (secondary N) is 1. The van der Waals surface area contributed by atoms with E-state index in [0.29, 0.717) is 59.1 Å². The molecule has 0 bridgehead atoms. The molecule has 1 aromatic rings. The number of benzene rings is 1. The minimum absolute atomic E-state index is 0.0854. The first-order valence-corrected chi connectivity index (χ1v) is 17.6. The summed E-state index contributed by atoms with van der Waals surface area (Å²) >= 11 is 12.6. The molecule has 0 aromatic heterocycles. The van der Waals surface area contributed by atoms with Crippen LogP contribution >= 0.6 is 23.2 Å². The molecule has 274 valence electrons. The van der Waals surface area contributed by atoms with Gasteiger partial charge in [-0.3, -0.25) is 4.79 Å². The number of likely N-dealkylation sites (tertiary alicyclic amines) is 1. The Hall–Kier alpha value is -2.28. The second kappa shape index (κ2) is 17.8. The Labute approximate surface area is 294 Å². The summed E-state index contributed by atoms with van der Waals surface area (Å²) in [5, 5.41) is 8.44. The SMILES string of the molecule is CCC(CCNCCC(/C(COCc1cc(C(F)(F)F)cc(C(F)(F)F)c1)=N/OC)C1C=C(Cl)C(Cl)=CC1)CN1CCC(CC2CC2)C1=O. The van der Waals surface area contributed by atoms with Gasteiger partial charge in [0.15, 0.2) is 0 Å². The van der Waals surface area contributed by atoms with E-state index < -0.39 is 30.1 Å². The van der Waals surface area contributed by atoms with Crippen molar-refractivity contribution >= 4 is 34.8 Å². The summed E-state index contributed by atoms with van der Waals surface area (Å²) in [6.45, 7) is 4.34. The van der Waals surface area contributed by atoms with Crippen LogP contribution in [0.4, 0.5) is 26.3 Å². The van der Waals surface area contributed by atoms with Crippen LogP contribution in [0.3, 0.4) is 0 Å². The molecule has 4 rings (SSSR count). The Balaban J connectivity index is 1.35. The maximum absolute atomic E-state index is 13.4. The highest BCUT2D eigenvalue weighted by Crippen LogP contribution is 2.39. The van der Waals surface area contributed by atoms with Gasteiger partial charge in [-0.1, -0.05) is 66.7 Å². The Morgan fingerprint density at radius 3 is 2.29 bits per heavy atom. The lowest BCUT2D eigenvalue weighted by Gasteiger charge is -2.28. The Kier molecular flexibility index (Phi) is 14.3. The molecule has 4 unspecified atom stereocenters. The highest BCUT2D eigenvalue weighted by molar-refractivity contribution is 6.44. The van der Waals surface area contributed by atoms with E-state index in [1.165, 1.54) is 20.0 Å². The van der Waals surface area contributed by atoms with Crippen molar-refractivity contribution < 1.29 is 40.7 Å². The predicted molar refractivity (Wildman–Crippen MR) is 178 cm³/mol. The van der Waals surface area contributed by atoms with E-state index in [2.05, 4.69) is 17.4 Å². The topological polar surface area (TPSA) is 63.2 Å². The average Bonchev–Trinajstić information content (AvgIpc) is 3.80. The van der Waals surface area contributed by atoms with Crippen LogP contribution in [0, 0.1) is 29.6 Å². The Morgan fingerprint density at radius 2 is 1.69 bits per heavy atom. The van der Waals surface area contributed by atoms with E-state index in [4.69, 9.17) is 32.8 Å². The smallest absolute Gasteiger partial charge is 0.399 e. The van der Waals surface area contributed by atoms with Gasteiger partial charge in [0.05, 0.1) is 40.1 Å². The summed E-state index contributed by atoms with van der Waals surface area (Å²) in [6.07, 6.45) is 1.13. The molecule has 3 aliphatic rings. The largest absolute Gasteiger partial charge is 0.416 e. The molecule has 1 N–H and O–H groups in total. The van der Waals surface area contributed by atoms with Crippen LogP contribution in [0.1, 0.15) is 75.0 Å². The average molecular weight is 741 g/mol. The maximum atomic E-state index is 13.4. The van der Waals surface area contributed by atoms with Crippen LogP contribution in [0.2, 0.25) is 0 Å². The number of ether oxygens (including phenoxy) is 1. The van der Waals surface area contributed by atoms with E-state index >= 15 is 0 Å². The van der Waals surface area contributed by atoms with E-state index in [1.807, 2.05) is 11.0 Å². The first-order chi connectivity index (χ1) is 23.2. The molecule has 2 aliphatic carbocycles. The minimum Gasteiger partial charge on any atom is -0.399 e. The van der Waals surface area contributed by atoms with Crippen molar-refractivity contribution in [3.05, 3.63) is 57.1 Å². The maximum Gasteiger partial charge on any atom is 0.416 e. The van der Waals surface area contributed by atoms with Crippen LogP contribution in [0.15, 0.2) is 45.6 Å². The summed E-state index contributed by atoms with van der Waals surface area (Å²) in [5.74, 6) is 1.14. The molecule has 1 aliphatic heterocycles. The second-order valence-electron chi connectivity index (χ2n) is 13.3. The fourth-order valence-corrected chi connectivity index (χ4v) is 7.05. The summed E-state index contributed by atoms with van der Waals surface area (Å²) in [4.78, 5) is 20.0. The van der Waals surface area contributed by atoms with Crippen molar-refractivity contribution in [1.29, 1.82) is 0 Å². The number of carbonyl (C=O) groups excluding carboxylic acids is 1. The lowest BCUT2D eigenvalue weighted by molar-refractivity contribution is -0.143. The molecule has 4 atom stereocenters. The van der Waals surface area contributed by atoms with Crippen LogP contribution in [-0.2, 0) is 33.3 Å². The van der Waals surface area contributed by atoms with Crippen molar-refractivity contribution in [3.8, 4) is 0 Å². The molecule has 1 saturated carbocycles. The van der Waals surface area contributed by atoms with Gasteiger partial charge in [-0.25, -0.2) is 0 Å². The highest BCUT2D eigenvalue weighted by Gasteiger charge is 2.38. The van der Waals surface area contributed by atoms with Crippen molar-refractivity contribution in [1.82, 2.24) is 10.2 Å². The molecule has 6 nitrogen and oxygen atoms in total. The summed E-state index contributed by atoms with van der Waals surface area (Å²) < 4.78 is 85.8. The first kappa shape index (κ1) is 39.5. The van der Waals surface area contributed by atoms with Gasteiger partial charge in [-0.15, -0.1) is 0 Å². The quantitative estimate of drug-likeness (QED) is 0.0706. The number of alkyl halides is 6. The summed E-state index contributed by atoms with van der Waals surface area (Å²) in [5.41, 5.74) is -2.65. The molecule has 0 spiro atoms. The van der Waals surface area contributed by atoms with Crippen molar-refractivity contribution in [2.45, 2.75) is 77.2 Å². The number of rotatable bonds is 18. The molecule has 1 aromatic carbocycles. The fourth-order valence-electron chi connectivity index (χ4n) is 6.66. The van der Waals surface area contributed by atoms with E-state index in [-0.39, 0.29) is 36.0 Å². The molecule has 49 heavy (non-hydrogen) atoms. The van der Waals surface area contributed by atoms with Gasteiger partial charge in [0.2, 0.25) is 5.91 Å². The fraction of sp³-hybridized carbons (Fsp3) is 0.657. The molecule has 2 fully saturated rings. The first-order valence-electron chi connectivity index (χ1n) is 16.9. The zero-order chi connectivity index (χ0) is 35.8. The standard InChI is InChI=1S/C35H45Cl2F6N3O3/c1-3-22(19-46-13-10-26(33(46)47)14-23-4-5-23)8-11-44-12-9-29(25-6-7-30(36)31(37)17-25)32(45-48-2)21-49-20-24-15-27(34(38,39)40)18-28(16-24)35(41,42)43/h7,15-18,22-23,25-26,29,44H,3-6,8-14,19-21H2,1-2H3/b45-32+. The minimum atomic E-state index is -4.96. The van der Waals surface area contributed by atoms with Gasteiger partial charge in [0, 0.05) is 24.9 Å².